The number of rotatable bonds is 6. The highest BCUT2D eigenvalue weighted by molar-refractivity contribution is 5.89. The van der Waals surface area contributed by atoms with E-state index in [4.69, 9.17) is 0 Å². The molecule has 2 amide bonds. The second-order valence-corrected chi connectivity index (χ2v) is 4.37. The van der Waals surface area contributed by atoms with Gasteiger partial charge in [-0.05, 0) is 38.1 Å². The molecule has 1 aromatic rings. The number of anilines is 1. The lowest BCUT2D eigenvalue weighted by Gasteiger charge is -2.12. The molecule has 4 heteroatoms. The molecule has 4 nitrogen and oxygen atoms in total. The van der Waals surface area contributed by atoms with Crippen molar-refractivity contribution in [3.8, 4) is 0 Å². The van der Waals surface area contributed by atoms with Gasteiger partial charge in [0.15, 0.2) is 0 Å². The van der Waals surface area contributed by atoms with Gasteiger partial charge in [0.25, 0.3) is 0 Å². The molecular weight excluding hydrogens is 226 g/mol. The Labute approximate surface area is 109 Å². The average molecular weight is 249 g/mol. The van der Waals surface area contributed by atoms with Crippen LogP contribution in [0.2, 0.25) is 0 Å². The smallest absolute Gasteiger partial charge is 0.319 e. The summed E-state index contributed by atoms with van der Waals surface area (Å²) in [4.78, 5) is 11.5. The summed E-state index contributed by atoms with van der Waals surface area (Å²) in [6.45, 7) is 4.92. The Balaban J connectivity index is 2.45. The summed E-state index contributed by atoms with van der Waals surface area (Å²) in [5, 5.41) is 8.81. The molecule has 3 N–H and O–H groups in total. The van der Waals surface area contributed by atoms with Crippen LogP contribution in [0.3, 0.4) is 0 Å². The first-order valence-corrected chi connectivity index (χ1v) is 6.49. The molecule has 0 aliphatic carbocycles. The van der Waals surface area contributed by atoms with Crippen molar-refractivity contribution >= 4 is 11.7 Å². The van der Waals surface area contributed by atoms with Gasteiger partial charge in [-0.3, -0.25) is 0 Å². The lowest BCUT2D eigenvalue weighted by molar-refractivity contribution is 0.252. The molecule has 0 spiro atoms. The Kier molecular flexibility index (Phi) is 6.22. The number of carbonyl (C=O) groups is 1. The third-order valence-corrected chi connectivity index (χ3v) is 2.92. The number of amides is 2. The Bertz CT molecular complexity index is 362. The van der Waals surface area contributed by atoms with Crippen molar-refractivity contribution in [2.45, 2.75) is 32.7 Å². The summed E-state index contributed by atoms with van der Waals surface area (Å²) >= 11 is 0. The molecule has 18 heavy (non-hydrogen) atoms. The zero-order valence-corrected chi connectivity index (χ0v) is 11.4. The van der Waals surface area contributed by atoms with Gasteiger partial charge in [0.05, 0.1) is 0 Å². The van der Waals surface area contributed by atoms with Crippen molar-refractivity contribution in [3.63, 3.8) is 0 Å². The predicted molar refractivity (Wildman–Crippen MR) is 75.8 cm³/mol. The van der Waals surface area contributed by atoms with Crippen LogP contribution in [0.1, 0.15) is 38.3 Å². The third kappa shape index (κ3) is 4.75. The Morgan fingerprint density at radius 2 is 1.94 bits per heavy atom. The molecule has 0 aromatic heterocycles. The van der Waals surface area contributed by atoms with Crippen LogP contribution in [0, 0.1) is 0 Å². The highest BCUT2D eigenvalue weighted by atomic mass is 16.2. The number of benzene rings is 1. The van der Waals surface area contributed by atoms with Crippen LogP contribution in [0.25, 0.3) is 0 Å². The lowest BCUT2D eigenvalue weighted by atomic mass is 10.1. The van der Waals surface area contributed by atoms with Gasteiger partial charge in [-0.2, -0.15) is 0 Å². The van der Waals surface area contributed by atoms with Gasteiger partial charge in [0.1, 0.15) is 0 Å². The third-order valence-electron chi connectivity index (χ3n) is 2.92. The van der Waals surface area contributed by atoms with Crippen LogP contribution in [-0.2, 0) is 0 Å². The molecule has 100 valence electrons. The number of urea groups is 1. The fraction of sp³-hybridized carbons (Fsp3) is 0.500. The van der Waals surface area contributed by atoms with E-state index in [1.54, 1.807) is 0 Å². The van der Waals surface area contributed by atoms with Gasteiger partial charge in [0.2, 0.25) is 0 Å². The zero-order chi connectivity index (χ0) is 13.4. The molecule has 0 aliphatic rings. The molecule has 0 radical (unpaired) electrons. The van der Waals surface area contributed by atoms with E-state index in [0.29, 0.717) is 6.04 Å². The van der Waals surface area contributed by atoms with E-state index in [2.05, 4.69) is 29.8 Å². The second-order valence-electron chi connectivity index (χ2n) is 4.37. The van der Waals surface area contributed by atoms with Gasteiger partial charge in [0, 0.05) is 18.3 Å². The van der Waals surface area contributed by atoms with E-state index in [-0.39, 0.29) is 6.03 Å². The van der Waals surface area contributed by atoms with Crippen LogP contribution in [0.5, 0.6) is 0 Å². The monoisotopic (exact) mass is 249 g/mol. The standard InChI is InChI=1S/C14H23N3O/c1-4-5-10-16-14(18)17-13-8-6-12(7-9-13)11(2)15-3/h6-9,11,15H,4-5,10H2,1-3H3,(H2,16,17,18). The van der Waals surface area contributed by atoms with Gasteiger partial charge in [-0.15, -0.1) is 0 Å². The second kappa shape index (κ2) is 7.71. The van der Waals surface area contributed by atoms with Crippen molar-refractivity contribution in [1.82, 2.24) is 10.6 Å². The van der Waals surface area contributed by atoms with E-state index in [0.717, 1.165) is 25.1 Å². The Morgan fingerprint density at radius 1 is 1.28 bits per heavy atom. The summed E-state index contributed by atoms with van der Waals surface area (Å²) in [6, 6.07) is 8.05. The number of nitrogens with one attached hydrogen (secondary N) is 3. The molecule has 1 unspecified atom stereocenters. The summed E-state index contributed by atoms with van der Waals surface area (Å²) in [7, 11) is 1.93. The Hall–Kier alpha value is -1.55. The summed E-state index contributed by atoms with van der Waals surface area (Å²) < 4.78 is 0. The largest absolute Gasteiger partial charge is 0.338 e. The normalized spacial score (nSPS) is 11.9. The fourth-order valence-electron chi connectivity index (χ4n) is 1.58. The Morgan fingerprint density at radius 3 is 2.50 bits per heavy atom. The summed E-state index contributed by atoms with van der Waals surface area (Å²) in [5.74, 6) is 0. The van der Waals surface area contributed by atoms with E-state index in [1.807, 2.05) is 31.3 Å². The highest BCUT2D eigenvalue weighted by Crippen LogP contribution is 2.15. The molecule has 1 atom stereocenters. The molecule has 1 rings (SSSR count). The van der Waals surface area contributed by atoms with Crippen LogP contribution >= 0.6 is 0 Å². The SMILES string of the molecule is CCCCNC(=O)Nc1ccc(C(C)NC)cc1. The maximum absolute atomic E-state index is 11.5. The van der Waals surface area contributed by atoms with E-state index < -0.39 is 0 Å². The molecular formula is C14H23N3O. The quantitative estimate of drug-likeness (QED) is 0.679. The number of hydrogen-bond acceptors (Lipinski definition) is 2. The number of hydrogen-bond donors (Lipinski definition) is 3. The first kappa shape index (κ1) is 14.5. The van der Waals surface area contributed by atoms with Gasteiger partial charge < -0.3 is 16.0 Å². The van der Waals surface area contributed by atoms with Crippen LogP contribution < -0.4 is 16.0 Å². The van der Waals surface area contributed by atoms with Crippen LogP contribution in [0.4, 0.5) is 10.5 Å². The highest BCUT2D eigenvalue weighted by Gasteiger charge is 2.03. The first-order valence-electron chi connectivity index (χ1n) is 6.49. The number of unbranched alkanes of at least 4 members (excludes halogenated alkanes) is 1. The maximum Gasteiger partial charge on any atom is 0.319 e. The minimum Gasteiger partial charge on any atom is -0.338 e. The molecule has 1 aromatic carbocycles. The van der Waals surface area contributed by atoms with Crippen LogP contribution in [0.15, 0.2) is 24.3 Å². The van der Waals surface area contributed by atoms with Gasteiger partial charge in [-0.1, -0.05) is 25.5 Å². The molecule has 0 saturated carbocycles. The van der Waals surface area contributed by atoms with E-state index in [9.17, 15) is 4.79 Å². The van der Waals surface area contributed by atoms with Crippen molar-refractivity contribution < 1.29 is 4.79 Å². The molecule has 0 heterocycles. The average Bonchev–Trinajstić information content (AvgIpc) is 2.39. The maximum atomic E-state index is 11.5. The summed E-state index contributed by atoms with van der Waals surface area (Å²) in [6.07, 6.45) is 2.09. The molecule has 0 aliphatic heterocycles. The molecule has 0 fully saturated rings. The predicted octanol–water partition coefficient (Wildman–Crippen LogP) is 2.89. The minimum absolute atomic E-state index is 0.141. The molecule has 0 bridgehead atoms. The summed E-state index contributed by atoms with van der Waals surface area (Å²) in [5.41, 5.74) is 2.02. The van der Waals surface area contributed by atoms with Crippen molar-refractivity contribution in [1.29, 1.82) is 0 Å². The van der Waals surface area contributed by atoms with Crippen LogP contribution in [-0.4, -0.2) is 19.6 Å². The van der Waals surface area contributed by atoms with Crippen molar-refractivity contribution in [2.75, 3.05) is 18.9 Å². The topological polar surface area (TPSA) is 53.2 Å². The van der Waals surface area contributed by atoms with Gasteiger partial charge >= 0.3 is 6.03 Å². The fourth-order valence-corrected chi connectivity index (χ4v) is 1.58. The van der Waals surface area contributed by atoms with Crippen molar-refractivity contribution in [3.05, 3.63) is 29.8 Å². The van der Waals surface area contributed by atoms with E-state index in [1.165, 1.54) is 5.56 Å². The molecule has 0 saturated heterocycles. The van der Waals surface area contributed by atoms with Gasteiger partial charge in [-0.25, -0.2) is 4.79 Å². The van der Waals surface area contributed by atoms with E-state index >= 15 is 0 Å². The lowest BCUT2D eigenvalue weighted by Crippen LogP contribution is -2.29. The minimum atomic E-state index is -0.141. The zero-order valence-electron chi connectivity index (χ0n) is 11.4. The number of carbonyl (C=O) groups excluding carboxylic acids is 1. The first-order chi connectivity index (χ1) is 8.67. The van der Waals surface area contributed by atoms with Crippen molar-refractivity contribution in [2.24, 2.45) is 0 Å².